The van der Waals surface area contributed by atoms with Gasteiger partial charge in [-0.3, -0.25) is 18.7 Å². The molecule has 1 saturated heterocycles. The largest absolute Gasteiger partial charge is 0.465 e. The standard InChI is InChI=1S/C27H23FN2O5S/c1-3-17-6-11-21(12-7-17)30-24(31)16-36(34)27(30)22-14-19(25(32)35-2)8-13-23(22)29(26(27)33)15-18-4-9-20(28)10-5-18/h4-14H,3,15-16H2,1-2H3. The maximum atomic E-state index is 14.2. The van der Waals surface area contributed by atoms with Crippen LogP contribution >= 0.6 is 0 Å². The zero-order valence-corrected chi connectivity index (χ0v) is 20.5. The van der Waals surface area contributed by atoms with Gasteiger partial charge in [0.1, 0.15) is 11.6 Å². The lowest BCUT2D eigenvalue weighted by molar-refractivity contribution is -0.123. The number of nitrogens with zero attached hydrogens (tertiary/aromatic N) is 2. The normalized spacial score (nSPS) is 20.8. The molecule has 36 heavy (non-hydrogen) atoms. The van der Waals surface area contributed by atoms with E-state index in [1.807, 2.05) is 19.1 Å². The summed E-state index contributed by atoms with van der Waals surface area (Å²) in [6, 6.07) is 17.5. The molecule has 2 amide bonds. The van der Waals surface area contributed by atoms with Gasteiger partial charge in [0, 0.05) is 11.3 Å². The molecule has 1 spiro atoms. The Morgan fingerprint density at radius 3 is 2.33 bits per heavy atom. The van der Waals surface area contributed by atoms with Crippen molar-refractivity contribution in [1.29, 1.82) is 0 Å². The molecule has 0 saturated carbocycles. The Balaban J connectivity index is 1.71. The summed E-state index contributed by atoms with van der Waals surface area (Å²) in [6.45, 7) is 2.07. The molecule has 9 heteroatoms. The zero-order valence-electron chi connectivity index (χ0n) is 19.7. The summed E-state index contributed by atoms with van der Waals surface area (Å²) in [6.07, 6.45) is 0.793. The summed E-state index contributed by atoms with van der Waals surface area (Å²) in [7, 11) is -0.703. The van der Waals surface area contributed by atoms with Crippen LogP contribution in [0.1, 0.15) is 34.0 Å². The highest BCUT2D eigenvalue weighted by Crippen LogP contribution is 2.51. The molecule has 1 fully saturated rings. The Bertz CT molecular complexity index is 1410. The van der Waals surface area contributed by atoms with E-state index in [9.17, 15) is 23.0 Å². The topological polar surface area (TPSA) is 84.0 Å². The van der Waals surface area contributed by atoms with Gasteiger partial charge in [-0.15, -0.1) is 0 Å². The Morgan fingerprint density at radius 1 is 1.03 bits per heavy atom. The molecule has 0 bridgehead atoms. The van der Waals surface area contributed by atoms with E-state index >= 15 is 0 Å². The number of amides is 2. The van der Waals surface area contributed by atoms with E-state index in [4.69, 9.17) is 4.74 Å². The summed E-state index contributed by atoms with van der Waals surface area (Å²) in [4.78, 5) is 40.7. The number of benzene rings is 3. The molecule has 0 aromatic heterocycles. The minimum Gasteiger partial charge on any atom is -0.465 e. The number of carbonyl (C=O) groups excluding carboxylic acids is 3. The van der Waals surface area contributed by atoms with Crippen molar-refractivity contribution in [2.75, 3.05) is 22.7 Å². The first-order valence-electron chi connectivity index (χ1n) is 11.4. The Kier molecular flexibility index (Phi) is 5.96. The number of rotatable bonds is 5. The van der Waals surface area contributed by atoms with Crippen LogP contribution in [0.25, 0.3) is 0 Å². The molecule has 3 aromatic rings. The maximum absolute atomic E-state index is 14.2. The Hall–Kier alpha value is -3.85. The first kappa shape index (κ1) is 23.9. The van der Waals surface area contributed by atoms with Crippen molar-refractivity contribution in [2.45, 2.75) is 24.8 Å². The fraction of sp³-hybridized carbons (Fsp3) is 0.222. The second-order valence-electron chi connectivity index (χ2n) is 8.62. The number of carbonyl (C=O) groups is 3. The minimum atomic E-state index is -1.95. The molecule has 0 N–H and O–H groups in total. The van der Waals surface area contributed by atoms with Crippen LogP contribution in [0.3, 0.4) is 0 Å². The van der Waals surface area contributed by atoms with Crippen LogP contribution in [-0.4, -0.2) is 34.9 Å². The monoisotopic (exact) mass is 506 g/mol. The van der Waals surface area contributed by atoms with E-state index < -0.39 is 39.3 Å². The van der Waals surface area contributed by atoms with Crippen molar-refractivity contribution in [1.82, 2.24) is 0 Å². The third kappa shape index (κ3) is 3.53. The molecule has 0 aliphatic carbocycles. The van der Waals surface area contributed by atoms with Gasteiger partial charge in [0.2, 0.25) is 10.8 Å². The predicted octanol–water partition coefficient (Wildman–Crippen LogP) is 3.67. The van der Waals surface area contributed by atoms with Gasteiger partial charge in [-0.1, -0.05) is 31.2 Å². The zero-order chi connectivity index (χ0) is 25.6. The van der Waals surface area contributed by atoms with Crippen LogP contribution in [-0.2, 0) is 43.0 Å². The van der Waals surface area contributed by atoms with Gasteiger partial charge in [0.25, 0.3) is 5.91 Å². The van der Waals surface area contributed by atoms with Gasteiger partial charge in [-0.2, -0.15) is 0 Å². The smallest absolute Gasteiger partial charge is 0.337 e. The lowest BCUT2D eigenvalue weighted by Gasteiger charge is -2.33. The second-order valence-corrected chi connectivity index (χ2v) is 10.2. The molecule has 0 radical (unpaired) electrons. The third-order valence-corrected chi connectivity index (χ3v) is 8.36. The van der Waals surface area contributed by atoms with Crippen molar-refractivity contribution >= 4 is 40.0 Å². The number of methoxy groups -OCH3 is 1. The predicted molar refractivity (Wildman–Crippen MR) is 133 cm³/mol. The van der Waals surface area contributed by atoms with Gasteiger partial charge in [0.15, 0.2) is 0 Å². The summed E-state index contributed by atoms with van der Waals surface area (Å²) < 4.78 is 32.1. The SMILES string of the molecule is CCc1ccc(N2C(=O)CS(=O)C23C(=O)N(Cc2ccc(F)cc2)c2ccc(C(=O)OC)cc23)cc1. The number of halogens is 1. The van der Waals surface area contributed by atoms with Crippen molar-refractivity contribution < 1.29 is 27.7 Å². The van der Waals surface area contributed by atoms with E-state index in [-0.39, 0.29) is 17.9 Å². The van der Waals surface area contributed by atoms with Crippen molar-refractivity contribution in [3.05, 3.63) is 94.8 Å². The first-order chi connectivity index (χ1) is 17.3. The van der Waals surface area contributed by atoms with Crippen LogP contribution in [0.15, 0.2) is 66.7 Å². The van der Waals surface area contributed by atoms with E-state index in [2.05, 4.69) is 0 Å². The van der Waals surface area contributed by atoms with Gasteiger partial charge in [-0.25, -0.2) is 9.18 Å². The van der Waals surface area contributed by atoms with Crippen LogP contribution in [0.4, 0.5) is 15.8 Å². The van der Waals surface area contributed by atoms with Crippen molar-refractivity contribution in [3.63, 3.8) is 0 Å². The molecular weight excluding hydrogens is 483 g/mol. The van der Waals surface area contributed by atoms with E-state index in [1.165, 1.54) is 41.2 Å². The lowest BCUT2D eigenvalue weighted by atomic mass is 10.0. The second kappa shape index (κ2) is 8.98. The van der Waals surface area contributed by atoms with Gasteiger partial charge >= 0.3 is 5.97 Å². The van der Waals surface area contributed by atoms with Gasteiger partial charge in [-0.05, 0) is 60.0 Å². The van der Waals surface area contributed by atoms with Crippen molar-refractivity contribution in [2.24, 2.45) is 0 Å². The molecule has 2 aliphatic rings. The number of hydrogen-bond acceptors (Lipinski definition) is 5. The maximum Gasteiger partial charge on any atom is 0.337 e. The quantitative estimate of drug-likeness (QED) is 0.493. The third-order valence-electron chi connectivity index (χ3n) is 6.61. The number of esters is 1. The van der Waals surface area contributed by atoms with E-state index in [1.54, 1.807) is 30.3 Å². The first-order valence-corrected chi connectivity index (χ1v) is 12.7. The van der Waals surface area contributed by atoms with E-state index in [0.29, 0.717) is 22.5 Å². The molecule has 2 heterocycles. The van der Waals surface area contributed by atoms with Crippen molar-refractivity contribution in [3.8, 4) is 0 Å². The number of aryl methyl sites for hydroxylation is 1. The van der Waals surface area contributed by atoms with Crippen LogP contribution in [0.5, 0.6) is 0 Å². The van der Waals surface area contributed by atoms with Gasteiger partial charge < -0.3 is 9.64 Å². The molecule has 184 valence electrons. The molecule has 2 atom stereocenters. The average Bonchev–Trinajstić information content (AvgIpc) is 3.30. The molecule has 3 aromatic carbocycles. The van der Waals surface area contributed by atoms with Gasteiger partial charge in [0.05, 0.1) is 35.7 Å². The molecule has 2 aliphatic heterocycles. The summed E-state index contributed by atoms with van der Waals surface area (Å²) in [5.41, 5.74) is 3.03. The summed E-state index contributed by atoms with van der Waals surface area (Å²) in [5, 5.41) is 0. The molecule has 7 nitrogen and oxygen atoms in total. The Labute approximate surface area is 209 Å². The highest BCUT2D eigenvalue weighted by Gasteiger charge is 2.65. The average molecular weight is 507 g/mol. The van der Waals surface area contributed by atoms with Crippen LogP contribution in [0.2, 0.25) is 0 Å². The molecular formula is C27H23FN2O5S. The highest BCUT2D eigenvalue weighted by molar-refractivity contribution is 7.88. The highest BCUT2D eigenvalue weighted by atomic mass is 32.2. The number of anilines is 2. The molecule has 5 rings (SSSR count). The van der Waals surface area contributed by atoms with Crippen LogP contribution < -0.4 is 9.80 Å². The lowest BCUT2D eigenvalue weighted by Crippen LogP contribution is -2.52. The fourth-order valence-corrected chi connectivity index (χ4v) is 6.51. The summed E-state index contributed by atoms with van der Waals surface area (Å²) in [5.74, 6) is -2.37. The fourth-order valence-electron chi connectivity index (χ4n) is 4.83. The molecule has 2 unspecified atom stereocenters. The summed E-state index contributed by atoms with van der Waals surface area (Å²) >= 11 is 0. The van der Waals surface area contributed by atoms with E-state index in [0.717, 1.165) is 12.0 Å². The number of hydrogen-bond donors (Lipinski definition) is 0. The Morgan fingerprint density at radius 2 is 1.69 bits per heavy atom. The number of ether oxygens (including phenoxy) is 1. The number of fused-ring (bicyclic) bond motifs is 2. The van der Waals surface area contributed by atoms with Crippen LogP contribution in [0, 0.1) is 5.82 Å². The minimum absolute atomic E-state index is 0.0689.